The summed E-state index contributed by atoms with van der Waals surface area (Å²) in [7, 11) is 0. The van der Waals surface area contributed by atoms with E-state index in [1.165, 1.54) is 5.56 Å². The third-order valence-electron chi connectivity index (χ3n) is 4.05. The molecule has 0 aromatic heterocycles. The number of benzene rings is 1. The molecule has 1 amide bonds. The highest BCUT2D eigenvalue weighted by Gasteiger charge is 2.33. The average molecular weight is 290 g/mol. The van der Waals surface area contributed by atoms with Gasteiger partial charge in [0.2, 0.25) is 5.91 Å². The lowest BCUT2D eigenvalue weighted by molar-refractivity contribution is -0.150. The van der Waals surface area contributed by atoms with Gasteiger partial charge in [0.05, 0.1) is 19.8 Å². The topological polar surface area (TPSA) is 70.1 Å². The molecule has 1 N–H and O–H groups in total. The number of fused-ring (bicyclic) bond motifs is 1. The Kier molecular flexibility index (Phi) is 3.90. The number of morpholine rings is 1. The number of carboxylic acid groups (broad SMARTS) is 1. The van der Waals surface area contributed by atoms with E-state index in [9.17, 15) is 14.7 Å². The van der Waals surface area contributed by atoms with E-state index < -0.39 is 12.0 Å². The normalized spacial score (nSPS) is 22.1. The Bertz CT molecular complexity index is 560. The van der Waals surface area contributed by atoms with E-state index in [1.54, 1.807) is 9.80 Å². The fourth-order valence-corrected chi connectivity index (χ4v) is 2.91. The number of ether oxygens (including phenoxy) is 1. The van der Waals surface area contributed by atoms with Gasteiger partial charge in [-0.15, -0.1) is 0 Å². The number of hydrogen-bond donors (Lipinski definition) is 1. The van der Waals surface area contributed by atoms with Crippen molar-refractivity contribution in [1.29, 1.82) is 0 Å². The molecule has 1 atom stereocenters. The monoisotopic (exact) mass is 290 g/mol. The van der Waals surface area contributed by atoms with Crippen molar-refractivity contribution >= 4 is 17.6 Å². The number of para-hydroxylation sites is 1. The van der Waals surface area contributed by atoms with Gasteiger partial charge in [0, 0.05) is 18.8 Å². The second kappa shape index (κ2) is 5.83. The number of aliphatic carboxylic acids is 1. The van der Waals surface area contributed by atoms with Crippen molar-refractivity contribution in [3.8, 4) is 0 Å². The molecule has 2 aliphatic heterocycles. The number of nitrogens with zero attached hydrogens (tertiary/aromatic N) is 2. The van der Waals surface area contributed by atoms with Crippen LogP contribution in [-0.2, 0) is 20.7 Å². The molecule has 0 aliphatic carbocycles. The summed E-state index contributed by atoms with van der Waals surface area (Å²) in [6.45, 7) is 1.86. The van der Waals surface area contributed by atoms with Crippen LogP contribution in [-0.4, -0.2) is 60.8 Å². The average Bonchev–Trinajstić information content (AvgIpc) is 2.91. The molecule has 1 saturated heterocycles. The fourth-order valence-electron chi connectivity index (χ4n) is 2.91. The Hall–Kier alpha value is -1.92. The van der Waals surface area contributed by atoms with Crippen molar-refractivity contribution in [2.75, 3.05) is 37.7 Å². The number of hydrogen-bond acceptors (Lipinski definition) is 4. The zero-order valence-electron chi connectivity index (χ0n) is 11.7. The Labute approximate surface area is 122 Å². The van der Waals surface area contributed by atoms with E-state index in [0.717, 1.165) is 12.1 Å². The Morgan fingerprint density at radius 3 is 2.90 bits per heavy atom. The van der Waals surface area contributed by atoms with Crippen LogP contribution >= 0.6 is 0 Å². The summed E-state index contributed by atoms with van der Waals surface area (Å²) in [5, 5.41) is 9.20. The molecule has 2 aliphatic rings. The van der Waals surface area contributed by atoms with E-state index >= 15 is 0 Å². The highest BCUT2D eigenvalue weighted by atomic mass is 16.5. The number of anilines is 1. The van der Waals surface area contributed by atoms with Gasteiger partial charge < -0.3 is 14.7 Å². The summed E-state index contributed by atoms with van der Waals surface area (Å²) in [6, 6.07) is 7.11. The number of carbonyl (C=O) groups excluding carboxylic acids is 1. The van der Waals surface area contributed by atoms with Crippen molar-refractivity contribution in [2.45, 2.75) is 12.5 Å². The standard InChI is InChI=1S/C15H18N2O4/c18-14(9-16-7-8-21-10-13(16)15(19)20)17-6-5-11-3-1-2-4-12(11)17/h1-4,13H,5-10H2,(H,19,20). The van der Waals surface area contributed by atoms with Gasteiger partial charge in [0.1, 0.15) is 6.04 Å². The number of carboxylic acids is 1. The van der Waals surface area contributed by atoms with Crippen LogP contribution in [0.3, 0.4) is 0 Å². The van der Waals surface area contributed by atoms with Gasteiger partial charge in [-0.1, -0.05) is 18.2 Å². The number of rotatable bonds is 3. The summed E-state index contributed by atoms with van der Waals surface area (Å²) in [4.78, 5) is 27.2. The number of carbonyl (C=O) groups is 2. The van der Waals surface area contributed by atoms with Crippen molar-refractivity contribution < 1.29 is 19.4 Å². The second-order valence-corrected chi connectivity index (χ2v) is 5.32. The molecule has 1 aromatic carbocycles. The maximum absolute atomic E-state index is 12.5. The third-order valence-corrected chi connectivity index (χ3v) is 4.05. The second-order valence-electron chi connectivity index (χ2n) is 5.32. The molecule has 6 heteroatoms. The van der Waals surface area contributed by atoms with Gasteiger partial charge in [0.25, 0.3) is 0 Å². The molecule has 21 heavy (non-hydrogen) atoms. The highest BCUT2D eigenvalue weighted by Crippen LogP contribution is 2.27. The lowest BCUT2D eigenvalue weighted by Gasteiger charge is -2.33. The smallest absolute Gasteiger partial charge is 0.323 e. The molecule has 0 bridgehead atoms. The fraction of sp³-hybridized carbons (Fsp3) is 0.467. The van der Waals surface area contributed by atoms with Gasteiger partial charge in [-0.3, -0.25) is 14.5 Å². The van der Waals surface area contributed by atoms with Gasteiger partial charge >= 0.3 is 5.97 Å². The van der Waals surface area contributed by atoms with Crippen LogP contribution in [0.1, 0.15) is 5.56 Å². The van der Waals surface area contributed by atoms with E-state index in [1.807, 2.05) is 24.3 Å². The predicted molar refractivity (Wildman–Crippen MR) is 76.3 cm³/mol. The van der Waals surface area contributed by atoms with Crippen molar-refractivity contribution in [2.24, 2.45) is 0 Å². The van der Waals surface area contributed by atoms with Crippen LogP contribution in [0.2, 0.25) is 0 Å². The van der Waals surface area contributed by atoms with Crippen molar-refractivity contribution in [3.05, 3.63) is 29.8 Å². The molecule has 1 fully saturated rings. The molecule has 1 unspecified atom stereocenters. The Morgan fingerprint density at radius 1 is 1.29 bits per heavy atom. The highest BCUT2D eigenvalue weighted by molar-refractivity contribution is 5.97. The van der Waals surface area contributed by atoms with Crippen LogP contribution in [0, 0.1) is 0 Å². The minimum atomic E-state index is -0.940. The Balaban J connectivity index is 1.70. The first-order valence-electron chi connectivity index (χ1n) is 7.09. The molecule has 1 aromatic rings. The number of amides is 1. The SMILES string of the molecule is O=C(O)C1COCCN1CC(=O)N1CCc2ccccc21. The van der Waals surface area contributed by atoms with Crippen LogP contribution < -0.4 is 4.90 Å². The molecule has 0 radical (unpaired) electrons. The van der Waals surface area contributed by atoms with Crippen molar-refractivity contribution in [1.82, 2.24) is 4.90 Å². The molecular formula is C15H18N2O4. The maximum atomic E-state index is 12.5. The molecule has 0 spiro atoms. The molecule has 112 valence electrons. The zero-order valence-corrected chi connectivity index (χ0v) is 11.7. The minimum Gasteiger partial charge on any atom is -0.480 e. The predicted octanol–water partition coefficient (Wildman–Crippen LogP) is 0.361. The summed E-state index contributed by atoms with van der Waals surface area (Å²) in [6.07, 6.45) is 0.855. The van der Waals surface area contributed by atoms with E-state index in [4.69, 9.17) is 4.74 Å². The van der Waals surface area contributed by atoms with E-state index in [-0.39, 0.29) is 19.1 Å². The van der Waals surface area contributed by atoms with Crippen molar-refractivity contribution in [3.63, 3.8) is 0 Å². The van der Waals surface area contributed by atoms with Crippen LogP contribution in [0.15, 0.2) is 24.3 Å². The lowest BCUT2D eigenvalue weighted by atomic mass is 10.2. The van der Waals surface area contributed by atoms with Crippen LogP contribution in [0.25, 0.3) is 0 Å². The van der Waals surface area contributed by atoms with Gasteiger partial charge in [-0.05, 0) is 18.1 Å². The maximum Gasteiger partial charge on any atom is 0.323 e. The Morgan fingerprint density at radius 2 is 2.10 bits per heavy atom. The molecule has 0 saturated carbocycles. The first-order chi connectivity index (χ1) is 10.2. The van der Waals surface area contributed by atoms with Crippen LogP contribution in [0.5, 0.6) is 0 Å². The van der Waals surface area contributed by atoms with Crippen LogP contribution in [0.4, 0.5) is 5.69 Å². The van der Waals surface area contributed by atoms with Gasteiger partial charge in [0.15, 0.2) is 0 Å². The summed E-state index contributed by atoms with van der Waals surface area (Å²) in [5.41, 5.74) is 2.12. The third kappa shape index (κ3) is 2.77. The molecule has 6 nitrogen and oxygen atoms in total. The first-order valence-corrected chi connectivity index (χ1v) is 7.09. The van der Waals surface area contributed by atoms with Gasteiger partial charge in [-0.25, -0.2) is 0 Å². The summed E-state index contributed by atoms with van der Waals surface area (Å²) >= 11 is 0. The first kappa shape index (κ1) is 14.0. The largest absolute Gasteiger partial charge is 0.480 e. The summed E-state index contributed by atoms with van der Waals surface area (Å²) < 4.78 is 5.19. The minimum absolute atomic E-state index is 0.0481. The summed E-state index contributed by atoms with van der Waals surface area (Å²) in [5.74, 6) is -0.988. The van der Waals surface area contributed by atoms with E-state index in [0.29, 0.717) is 19.7 Å². The molecule has 3 rings (SSSR count). The van der Waals surface area contributed by atoms with E-state index in [2.05, 4.69) is 0 Å². The lowest BCUT2D eigenvalue weighted by Crippen LogP contribution is -2.53. The quantitative estimate of drug-likeness (QED) is 0.870. The van der Waals surface area contributed by atoms with Gasteiger partial charge in [-0.2, -0.15) is 0 Å². The zero-order chi connectivity index (χ0) is 14.8. The molecule has 2 heterocycles. The molecular weight excluding hydrogens is 272 g/mol.